The molecule has 8 nitrogen and oxygen atoms in total. The van der Waals surface area contributed by atoms with Crippen molar-refractivity contribution in [3.05, 3.63) is 82.9 Å². The standard InChI is InChI=1S/C24H22N2O6/c1-14-7-8-17(24(29)30)12-19(14)26-23(28)15-5-4-6-18(11-15)25-22(27)16-9-10-20(31-2)21(13-16)32-3/h4-13H,1-3H3,(H,25,27)(H,26,28)(H,29,30). The molecule has 0 heterocycles. The van der Waals surface area contributed by atoms with Gasteiger partial charge in [0, 0.05) is 22.5 Å². The van der Waals surface area contributed by atoms with Crippen LogP contribution >= 0.6 is 0 Å². The van der Waals surface area contributed by atoms with Crippen LogP contribution in [0.1, 0.15) is 36.6 Å². The Balaban J connectivity index is 1.77. The van der Waals surface area contributed by atoms with Crippen LogP contribution in [0.3, 0.4) is 0 Å². The number of aryl methyl sites for hydroxylation is 1. The molecule has 0 aliphatic rings. The minimum Gasteiger partial charge on any atom is -0.493 e. The predicted octanol–water partition coefficient (Wildman–Crippen LogP) is 4.22. The first-order valence-corrected chi connectivity index (χ1v) is 9.61. The summed E-state index contributed by atoms with van der Waals surface area (Å²) in [6.45, 7) is 1.76. The number of anilines is 2. The Morgan fingerprint density at radius 1 is 0.750 bits per heavy atom. The van der Waals surface area contributed by atoms with Crippen LogP contribution in [0.5, 0.6) is 11.5 Å². The number of carbonyl (C=O) groups excluding carboxylic acids is 2. The molecule has 32 heavy (non-hydrogen) atoms. The fraction of sp³-hybridized carbons (Fsp3) is 0.125. The lowest BCUT2D eigenvalue weighted by Gasteiger charge is -2.12. The number of rotatable bonds is 7. The number of hydrogen-bond donors (Lipinski definition) is 3. The molecular formula is C24H22N2O6. The summed E-state index contributed by atoms with van der Waals surface area (Å²) in [6, 6.07) is 15.7. The largest absolute Gasteiger partial charge is 0.493 e. The molecule has 0 spiro atoms. The van der Waals surface area contributed by atoms with E-state index in [0.717, 1.165) is 5.56 Å². The van der Waals surface area contributed by atoms with Crippen LogP contribution in [0.25, 0.3) is 0 Å². The number of ether oxygens (including phenoxy) is 2. The molecule has 0 unspecified atom stereocenters. The van der Waals surface area contributed by atoms with E-state index in [9.17, 15) is 14.4 Å². The molecule has 3 aromatic rings. The molecule has 3 aromatic carbocycles. The smallest absolute Gasteiger partial charge is 0.335 e. The maximum atomic E-state index is 12.7. The number of hydrogen-bond acceptors (Lipinski definition) is 5. The highest BCUT2D eigenvalue weighted by Crippen LogP contribution is 2.28. The van der Waals surface area contributed by atoms with Crippen molar-refractivity contribution in [2.75, 3.05) is 24.9 Å². The summed E-state index contributed by atoms with van der Waals surface area (Å²) in [4.78, 5) is 36.5. The van der Waals surface area contributed by atoms with Gasteiger partial charge in [-0.3, -0.25) is 9.59 Å². The fourth-order valence-corrected chi connectivity index (χ4v) is 3.00. The quantitative estimate of drug-likeness (QED) is 0.513. The van der Waals surface area contributed by atoms with Crippen LogP contribution in [0.4, 0.5) is 11.4 Å². The lowest BCUT2D eigenvalue weighted by molar-refractivity contribution is 0.0696. The number of nitrogens with one attached hydrogen (secondary N) is 2. The Labute approximate surface area is 184 Å². The summed E-state index contributed by atoms with van der Waals surface area (Å²) in [7, 11) is 2.99. The van der Waals surface area contributed by atoms with Crippen LogP contribution in [-0.4, -0.2) is 37.1 Å². The number of carboxylic acid groups (broad SMARTS) is 1. The average molecular weight is 434 g/mol. The maximum absolute atomic E-state index is 12.7. The molecule has 0 radical (unpaired) electrons. The van der Waals surface area contributed by atoms with Gasteiger partial charge in [-0.2, -0.15) is 0 Å². The van der Waals surface area contributed by atoms with Crippen molar-refractivity contribution < 1.29 is 29.0 Å². The van der Waals surface area contributed by atoms with Crippen molar-refractivity contribution in [3.8, 4) is 11.5 Å². The Morgan fingerprint density at radius 3 is 2.09 bits per heavy atom. The molecule has 2 amide bonds. The predicted molar refractivity (Wildman–Crippen MR) is 120 cm³/mol. The molecule has 3 rings (SSSR count). The monoisotopic (exact) mass is 434 g/mol. The van der Waals surface area contributed by atoms with E-state index in [-0.39, 0.29) is 11.5 Å². The third kappa shape index (κ3) is 5.04. The van der Waals surface area contributed by atoms with Crippen molar-refractivity contribution in [1.29, 1.82) is 0 Å². The Morgan fingerprint density at radius 2 is 1.41 bits per heavy atom. The first kappa shape index (κ1) is 22.4. The van der Waals surface area contributed by atoms with E-state index in [0.29, 0.717) is 34.0 Å². The van der Waals surface area contributed by atoms with E-state index in [1.54, 1.807) is 49.4 Å². The zero-order valence-electron chi connectivity index (χ0n) is 17.8. The number of carboxylic acids is 1. The highest BCUT2D eigenvalue weighted by molar-refractivity contribution is 6.08. The third-order valence-electron chi connectivity index (χ3n) is 4.76. The second-order valence-electron chi connectivity index (χ2n) is 6.89. The zero-order valence-corrected chi connectivity index (χ0v) is 17.8. The van der Waals surface area contributed by atoms with E-state index in [1.165, 1.54) is 32.4 Å². The van der Waals surface area contributed by atoms with Crippen LogP contribution in [0, 0.1) is 6.92 Å². The molecule has 0 saturated carbocycles. The summed E-state index contributed by atoms with van der Waals surface area (Å²) in [6.07, 6.45) is 0. The molecule has 0 bridgehead atoms. The van der Waals surface area contributed by atoms with E-state index in [1.807, 2.05) is 0 Å². The SMILES string of the molecule is COc1ccc(C(=O)Nc2cccc(C(=O)Nc3cc(C(=O)O)ccc3C)c2)cc1OC. The molecular weight excluding hydrogens is 412 g/mol. The molecule has 3 N–H and O–H groups in total. The average Bonchev–Trinajstić information content (AvgIpc) is 2.79. The molecule has 0 saturated heterocycles. The molecule has 0 aliphatic heterocycles. The summed E-state index contributed by atoms with van der Waals surface area (Å²) in [5.74, 6) is -0.969. The van der Waals surface area contributed by atoms with Crippen molar-refractivity contribution in [2.24, 2.45) is 0 Å². The first-order chi connectivity index (χ1) is 15.3. The summed E-state index contributed by atoms with van der Waals surface area (Å²) >= 11 is 0. The van der Waals surface area contributed by atoms with Gasteiger partial charge in [0.15, 0.2) is 11.5 Å². The van der Waals surface area contributed by atoms with Crippen molar-refractivity contribution in [1.82, 2.24) is 0 Å². The summed E-state index contributed by atoms with van der Waals surface area (Å²) in [5, 5.41) is 14.6. The second-order valence-corrected chi connectivity index (χ2v) is 6.89. The van der Waals surface area contributed by atoms with E-state index < -0.39 is 11.9 Å². The summed E-state index contributed by atoms with van der Waals surface area (Å²) in [5.41, 5.74) is 2.28. The highest BCUT2D eigenvalue weighted by atomic mass is 16.5. The van der Waals surface area contributed by atoms with Gasteiger partial charge in [0.2, 0.25) is 0 Å². The number of benzene rings is 3. The number of amides is 2. The topological polar surface area (TPSA) is 114 Å². The maximum Gasteiger partial charge on any atom is 0.335 e. The van der Waals surface area contributed by atoms with Crippen LogP contribution < -0.4 is 20.1 Å². The van der Waals surface area contributed by atoms with Gasteiger partial charge in [-0.05, 0) is 61.0 Å². The van der Waals surface area contributed by atoms with Gasteiger partial charge < -0.3 is 25.2 Å². The molecule has 0 fully saturated rings. The van der Waals surface area contributed by atoms with Gasteiger partial charge in [-0.1, -0.05) is 12.1 Å². The van der Waals surface area contributed by atoms with Gasteiger partial charge in [-0.25, -0.2) is 4.79 Å². The zero-order chi connectivity index (χ0) is 23.3. The van der Waals surface area contributed by atoms with E-state index >= 15 is 0 Å². The lowest BCUT2D eigenvalue weighted by atomic mass is 10.1. The minimum absolute atomic E-state index is 0.0711. The normalized spacial score (nSPS) is 10.2. The number of methoxy groups -OCH3 is 2. The van der Waals surface area contributed by atoms with E-state index in [4.69, 9.17) is 14.6 Å². The molecule has 0 aromatic heterocycles. The Kier molecular flexibility index (Phi) is 6.74. The van der Waals surface area contributed by atoms with Crippen LogP contribution in [0.2, 0.25) is 0 Å². The van der Waals surface area contributed by atoms with Crippen molar-refractivity contribution in [3.63, 3.8) is 0 Å². The number of aromatic carboxylic acids is 1. The van der Waals surface area contributed by atoms with Crippen LogP contribution in [-0.2, 0) is 0 Å². The Bertz CT molecular complexity index is 1190. The van der Waals surface area contributed by atoms with Crippen LogP contribution in [0.15, 0.2) is 60.7 Å². The molecule has 0 atom stereocenters. The van der Waals surface area contributed by atoms with Gasteiger partial charge in [-0.15, -0.1) is 0 Å². The van der Waals surface area contributed by atoms with Gasteiger partial charge in [0.25, 0.3) is 11.8 Å². The minimum atomic E-state index is -1.08. The van der Waals surface area contributed by atoms with Gasteiger partial charge in [0.1, 0.15) is 0 Å². The molecule has 8 heteroatoms. The lowest BCUT2D eigenvalue weighted by Crippen LogP contribution is -2.15. The van der Waals surface area contributed by atoms with Crippen molar-refractivity contribution >= 4 is 29.2 Å². The Hall–Kier alpha value is -4.33. The fourth-order valence-electron chi connectivity index (χ4n) is 3.00. The third-order valence-corrected chi connectivity index (χ3v) is 4.76. The van der Waals surface area contributed by atoms with Crippen molar-refractivity contribution in [2.45, 2.75) is 6.92 Å². The van der Waals surface area contributed by atoms with Gasteiger partial charge >= 0.3 is 5.97 Å². The molecule has 0 aliphatic carbocycles. The summed E-state index contributed by atoms with van der Waals surface area (Å²) < 4.78 is 10.4. The van der Waals surface area contributed by atoms with E-state index in [2.05, 4.69) is 10.6 Å². The van der Waals surface area contributed by atoms with Gasteiger partial charge in [0.05, 0.1) is 19.8 Å². The first-order valence-electron chi connectivity index (χ1n) is 9.61. The highest BCUT2D eigenvalue weighted by Gasteiger charge is 2.14. The second kappa shape index (κ2) is 9.65. The molecule has 164 valence electrons. The number of carbonyl (C=O) groups is 3.